The van der Waals surface area contributed by atoms with E-state index in [1.165, 1.54) is 12.8 Å². The van der Waals surface area contributed by atoms with Gasteiger partial charge in [-0.1, -0.05) is 12.1 Å². The fraction of sp³-hybridized carbons (Fsp3) is 0.647. The topological polar surface area (TPSA) is 71.2 Å². The highest BCUT2D eigenvalue weighted by Gasteiger charge is 2.24. The molecule has 1 fully saturated rings. The Hall–Kier alpha value is -1.86. The van der Waals surface area contributed by atoms with Gasteiger partial charge in [0, 0.05) is 37.9 Å². The van der Waals surface area contributed by atoms with E-state index < -0.39 is 0 Å². The van der Waals surface area contributed by atoms with Crippen LogP contribution in [-0.2, 0) is 19.5 Å². The molecule has 2 aromatic rings. The standard InChI is InChI=1S/C17H26N6O/c1-4-17-20-16(21-24-17)12-23-7-5-6-15(11-23)22(3)10-14-9-18-13(2)8-19-14/h8-9,15H,4-7,10-12H2,1-3H3. The molecule has 24 heavy (non-hydrogen) atoms. The summed E-state index contributed by atoms with van der Waals surface area (Å²) >= 11 is 0. The number of likely N-dealkylation sites (N-methyl/N-ethyl adjacent to an activating group) is 1. The number of hydrogen-bond acceptors (Lipinski definition) is 7. The van der Waals surface area contributed by atoms with Gasteiger partial charge in [-0.2, -0.15) is 4.98 Å². The number of aromatic nitrogens is 4. The van der Waals surface area contributed by atoms with E-state index in [4.69, 9.17) is 4.52 Å². The summed E-state index contributed by atoms with van der Waals surface area (Å²) in [5.74, 6) is 1.51. The van der Waals surface area contributed by atoms with E-state index in [1.54, 1.807) is 0 Å². The number of rotatable bonds is 6. The van der Waals surface area contributed by atoms with Gasteiger partial charge < -0.3 is 4.52 Å². The molecule has 0 amide bonds. The van der Waals surface area contributed by atoms with Gasteiger partial charge in [0.1, 0.15) is 0 Å². The lowest BCUT2D eigenvalue weighted by Gasteiger charge is -2.37. The molecule has 0 N–H and O–H groups in total. The van der Waals surface area contributed by atoms with Crippen molar-refractivity contribution in [3.63, 3.8) is 0 Å². The van der Waals surface area contributed by atoms with Crippen LogP contribution >= 0.6 is 0 Å². The lowest BCUT2D eigenvalue weighted by Crippen LogP contribution is -2.46. The molecule has 0 saturated carbocycles. The van der Waals surface area contributed by atoms with Crippen molar-refractivity contribution in [2.45, 2.75) is 52.2 Å². The Labute approximate surface area is 143 Å². The first-order valence-electron chi connectivity index (χ1n) is 8.65. The zero-order valence-corrected chi connectivity index (χ0v) is 14.8. The highest BCUT2D eigenvalue weighted by molar-refractivity contribution is 5.01. The smallest absolute Gasteiger partial charge is 0.226 e. The minimum atomic E-state index is 0.513. The molecule has 3 rings (SSSR count). The highest BCUT2D eigenvalue weighted by atomic mass is 16.5. The molecule has 0 aliphatic carbocycles. The molecule has 7 heteroatoms. The molecule has 1 aliphatic heterocycles. The fourth-order valence-corrected chi connectivity index (χ4v) is 3.12. The third-order valence-electron chi connectivity index (χ3n) is 4.53. The van der Waals surface area contributed by atoms with E-state index in [1.807, 2.05) is 26.2 Å². The normalized spacial score (nSPS) is 19.1. The summed E-state index contributed by atoms with van der Waals surface area (Å²) in [6, 6.07) is 0.513. The number of aryl methyl sites for hydroxylation is 2. The van der Waals surface area contributed by atoms with Crippen LogP contribution in [0.25, 0.3) is 0 Å². The maximum absolute atomic E-state index is 5.20. The van der Waals surface area contributed by atoms with Crippen LogP contribution in [0, 0.1) is 6.92 Å². The second-order valence-corrected chi connectivity index (χ2v) is 6.55. The fourth-order valence-electron chi connectivity index (χ4n) is 3.12. The van der Waals surface area contributed by atoms with Crippen LogP contribution in [0.1, 0.15) is 42.9 Å². The predicted molar refractivity (Wildman–Crippen MR) is 90.2 cm³/mol. The summed E-state index contributed by atoms with van der Waals surface area (Å²) in [6.07, 6.45) is 6.89. The van der Waals surface area contributed by atoms with Gasteiger partial charge >= 0.3 is 0 Å². The molecule has 1 unspecified atom stereocenters. The van der Waals surface area contributed by atoms with Gasteiger partial charge in [-0.25, -0.2) is 0 Å². The Kier molecular flexibility index (Phi) is 5.52. The van der Waals surface area contributed by atoms with Crippen LogP contribution in [0.5, 0.6) is 0 Å². The number of likely N-dealkylation sites (tertiary alicyclic amines) is 1. The van der Waals surface area contributed by atoms with Crippen molar-refractivity contribution < 1.29 is 4.52 Å². The van der Waals surface area contributed by atoms with Gasteiger partial charge in [0.05, 0.1) is 17.9 Å². The minimum Gasteiger partial charge on any atom is -0.339 e. The SMILES string of the molecule is CCc1nc(CN2CCCC(N(C)Cc3cnc(C)cn3)C2)no1. The molecular formula is C17H26N6O. The molecule has 0 radical (unpaired) electrons. The molecule has 1 saturated heterocycles. The number of nitrogens with zero attached hydrogens (tertiary/aromatic N) is 6. The average Bonchev–Trinajstić information content (AvgIpc) is 3.05. The Bertz CT molecular complexity index is 641. The number of piperidine rings is 1. The van der Waals surface area contributed by atoms with Crippen molar-refractivity contribution >= 4 is 0 Å². The van der Waals surface area contributed by atoms with Crippen molar-refractivity contribution in [2.24, 2.45) is 0 Å². The van der Waals surface area contributed by atoms with Crippen LogP contribution in [-0.4, -0.2) is 56.1 Å². The average molecular weight is 330 g/mol. The molecule has 2 aromatic heterocycles. The third kappa shape index (κ3) is 4.36. The van der Waals surface area contributed by atoms with E-state index >= 15 is 0 Å². The van der Waals surface area contributed by atoms with Crippen LogP contribution in [0.15, 0.2) is 16.9 Å². The minimum absolute atomic E-state index is 0.513. The van der Waals surface area contributed by atoms with Crippen molar-refractivity contribution in [3.05, 3.63) is 35.5 Å². The largest absolute Gasteiger partial charge is 0.339 e. The molecule has 0 aromatic carbocycles. The first-order chi connectivity index (χ1) is 11.6. The first kappa shape index (κ1) is 17.0. The Morgan fingerprint density at radius 3 is 2.92 bits per heavy atom. The second-order valence-electron chi connectivity index (χ2n) is 6.55. The Morgan fingerprint density at radius 2 is 2.21 bits per heavy atom. The molecule has 0 spiro atoms. The summed E-state index contributed by atoms with van der Waals surface area (Å²) in [5.41, 5.74) is 1.97. The lowest BCUT2D eigenvalue weighted by molar-refractivity contribution is 0.104. The van der Waals surface area contributed by atoms with Gasteiger partial charge in [0.2, 0.25) is 5.89 Å². The van der Waals surface area contributed by atoms with Gasteiger partial charge in [0.15, 0.2) is 5.82 Å². The third-order valence-corrected chi connectivity index (χ3v) is 4.53. The van der Waals surface area contributed by atoms with Crippen LogP contribution in [0.4, 0.5) is 0 Å². The zero-order valence-electron chi connectivity index (χ0n) is 14.8. The van der Waals surface area contributed by atoms with E-state index in [0.29, 0.717) is 11.9 Å². The maximum atomic E-state index is 5.20. The number of hydrogen-bond donors (Lipinski definition) is 0. The molecule has 7 nitrogen and oxygen atoms in total. The summed E-state index contributed by atoms with van der Waals surface area (Å²) in [5, 5.41) is 4.07. The van der Waals surface area contributed by atoms with Crippen LogP contribution in [0.2, 0.25) is 0 Å². The molecule has 0 bridgehead atoms. The van der Waals surface area contributed by atoms with Crippen LogP contribution in [0.3, 0.4) is 0 Å². The van der Waals surface area contributed by atoms with Crippen molar-refractivity contribution in [2.75, 3.05) is 20.1 Å². The lowest BCUT2D eigenvalue weighted by atomic mass is 10.0. The molecule has 1 atom stereocenters. The molecule has 130 valence electrons. The van der Waals surface area contributed by atoms with Gasteiger partial charge in [-0.3, -0.25) is 19.8 Å². The van der Waals surface area contributed by atoms with E-state index in [9.17, 15) is 0 Å². The summed E-state index contributed by atoms with van der Waals surface area (Å²) in [4.78, 5) is 18.0. The quantitative estimate of drug-likeness (QED) is 0.800. The monoisotopic (exact) mass is 330 g/mol. The molecule has 3 heterocycles. The van der Waals surface area contributed by atoms with E-state index in [-0.39, 0.29) is 0 Å². The van der Waals surface area contributed by atoms with Gasteiger partial charge in [0.25, 0.3) is 0 Å². The van der Waals surface area contributed by atoms with E-state index in [0.717, 1.165) is 49.8 Å². The van der Waals surface area contributed by atoms with Gasteiger partial charge in [-0.15, -0.1) is 0 Å². The van der Waals surface area contributed by atoms with Gasteiger partial charge in [-0.05, 0) is 33.4 Å². The predicted octanol–water partition coefficient (Wildman–Crippen LogP) is 1.83. The summed E-state index contributed by atoms with van der Waals surface area (Å²) < 4.78 is 5.20. The van der Waals surface area contributed by atoms with Crippen molar-refractivity contribution in [1.82, 2.24) is 29.9 Å². The highest BCUT2D eigenvalue weighted by Crippen LogP contribution is 2.18. The summed E-state index contributed by atoms with van der Waals surface area (Å²) in [7, 11) is 2.17. The zero-order chi connectivity index (χ0) is 16.9. The summed E-state index contributed by atoms with van der Waals surface area (Å²) in [6.45, 7) is 7.68. The second kappa shape index (κ2) is 7.81. The molecule has 1 aliphatic rings. The van der Waals surface area contributed by atoms with Crippen LogP contribution < -0.4 is 0 Å². The molecular weight excluding hydrogens is 304 g/mol. The van der Waals surface area contributed by atoms with Crippen molar-refractivity contribution in [3.8, 4) is 0 Å². The Morgan fingerprint density at radius 1 is 1.33 bits per heavy atom. The Balaban J connectivity index is 1.55. The van der Waals surface area contributed by atoms with E-state index in [2.05, 4.69) is 37.0 Å². The maximum Gasteiger partial charge on any atom is 0.226 e. The first-order valence-corrected chi connectivity index (χ1v) is 8.65. The van der Waals surface area contributed by atoms with Crippen molar-refractivity contribution in [1.29, 1.82) is 0 Å².